The van der Waals surface area contributed by atoms with Gasteiger partial charge in [0.05, 0.1) is 17.3 Å². The molecule has 3 aromatic rings. The maximum Gasteiger partial charge on any atom is 0.277 e. The van der Waals surface area contributed by atoms with Crippen LogP contribution < -0.4 is 10.1 Å². The summed E-state index contributed by atoms with van der Waals surface area (Å²) in [6.45, 7) is 0.716. The Hall–Kier alpha value is -2.83. The lowest BCUT2D eigenvalue weighted by Crippen LogP contribution is -2.14. The van der Waals surface area contributed by atoms with Crippen molar-refractivity contribution < 1.29 is 18.8 Å². The van der Waals surface area contributed by atoms with Gasteiger partial charge in [-0.15, -0.1) is 0 Å². The van der Waals surface area contributed by atoms with Crippen LogP contribution >= 0.6 is 11.6 Å². The van der Waals surface area contributed by atoms with Crippen molar-refractivity contribution in [3.63, 3.8) is 0 Å². The molecule has 0 aliphatic heterocycles. The van der Waals surface area contributed by atoms with E-state index in [1.165, 1.54) is 0 Å². The van der Waals surface area contributed by atoms with Crippen molar-refractivity contribution in [2.45, 2.75) is 0 Å². The van der Waals surface area contributed by atoms with Gasteiger partial charge in [0.15, 0.2) is 17.2 Å². The van der Waals surface area contributed by atoms with Crippen LogP contribution in [0.3, 0.4) is 0 Å². The van der Waals surface area contributed by atoms with E-state index in [0.29, 0.717) is 35.4 Å². The number of methoxy groups -OCH3 is 1. The van der Waals surface area contributed by atoms with Gasteiger partial charge in [-0.05, 0) is 12.1 Å². The minimum absolute atomic E-state index is 0.159. The molecule has 0 bridgehead atoms. The summed E-state index contributed by atoms with van der Waals surface area (Å²) in [5.74, 6) is 0.472. The lowest BCUT2D eigenvalue weighted by molar-refractivity contribution is 0.101. The zero-order valence-corrected chi connectivity index (χ0v) is 14.8. The maximum absolute atomic E-state index is 12.5. The van der Waals surface area contributed by atoms with Crippen LogP contribution in [0.5, 0.6) is 5.75 Å². The van der Waals surface area contributed by atoms with Gasteiger partial charge in [0, 0.05) is 18.7 Å². The van der Waals surface area contributed by atoms with E-state index in [1.54, 1.807) is 31.4 Å². The van der Waals surface area contributed by atoms with Crippen LogP contribution in [0.1, 0.15) is 10.5 Å². The van der Waals surface area contributed by atoms with E-state index in [9.17, 15) is 4.79 Å². The largest absolute Gasteiger partial charge is 0.487 e. The van der Waals surface area contributed by atoms with Crippen LogP contribution in [0.4, 0.5) is 5.69 Å². The summed E-state index contributed by atoms with van der Waals surface area (Å²) in [5.41, 5.74) is 1.44. The number of nitrogens with one attached hydrogen (secondary N) is 1. The maximum atomic E-state index is 12.5. The van der Waals surface area contributed by atoms with E-state index in [0.717, 1.165) is 5.56 Å². The van der Waals surface area contributed by atoms with Crippen LogP contribution in [-0.4, -0.2) is 31.4 Å². The highest BCUT2D eigenvalue weighted by molar-refractivity contribution is 6.32. The Balaban J connectivity index is 1.76. The molecule has 1 heterocycles. The summed E-state index contributed by atoms with van der Waals surface area (Å²) in [6.07, 6.45) is 0. The van der Waals surface area contributed by atoms with Gasteiger partial charge >= 0.3 is 0 Å². The van der Waals surface area contributed by atoms with Crippen LogP contribution in [0.15, 0.2) is 59.1 Å². The topological polar surface area (TPSA) is 73.6 Å². The number of amides is 1. The quantitative estimate of drug-likeness (QED) is 0.627. The first kappa shape index (κ1) is 18.0. The normalized spacial score (nSPS) is 10.5. The molecule has 0 saturated heterocycles. The van der Waals surface area contributed by atoms with E-state index < -0.39 is 5.91 Å². The molecule has 1 amide bonds. The molecule has 0 spiro atoms. The van der Waals surface area contributed by atoms with Gasteiger partial charge < -0.3 is 19.3 Å². The first-order chi connectivity index (χ1) is 12.7. The molecule has 6 nitrogen and oxygen atoms in total. The van der Waals surface area contributed by atoms with Crippen molar-refractivity contribution in [2.75, 3.05) is 25.6 Å². The number of halogens is 1. The number of para-hydroxylation sites is 1. The average molecular weight is 373 g/mol. The molecule has 2 aromatic carbocycles. The molecule has 7 heteroatoms. The lowest BCUT2D eigenvalue weighted by atomic mass is 10.1. The van der Waals surface area contributed by atoms with Gasteiger partial charge in [-0.3, -0.25) is 4.79 Å². The second-order valence-electron chi connectivity index (χ2n) is 5.35. The summed E-state index contributed by atoms with van der Waals surface area (Å²) in [7, 11) is 1.58. The number of carbonyl (C=O) groups excluding carboxylic acids is 1. The Labute approximate surface area is 155 Å². The number of ether oxygens (including phenoxy) is 2. The molecule has 1 aromatic heterocycles. The second kappa shape index (κ2) is 8.51. The molecule has 0 unspecified atom stereocenters. The van der Waals surface area contributed by atoms with Crippen LogP contribution in [0, 0.1) is 0 Å². The Bertz CT molecular complexity index is 880. The Morgan fingerprint density at radius 3 is 2.73 bits per heavy atom. The molecular formula is C19H17ClN2O4. The third-order valence-electron chi connectivity index (χ3n) is 3.55. The second-order valence-corrected chi connectivity index (χ2v) is 5.76. The fourth-order valence-electron chi connectivity index (χ4n) is 2.29. The van der Waals surface area contributed by atoms with Gasteiger partial charge in [0.25, 0.3) is 5.91 Å². The SMILES string of the molecule is COCCOc1c(Cl)cccc1NC(=O)c1cc(-c2ccccc2)on1. The molecule has 0 saturated carbocycles. The smallest absolute Gasteiger partial charge is 0.277 e. The predicted octanol–water partition coefficient (Wildman–Crippen LogP) is 4.27. The molecule has 0 radical (unpaired) electrons. The summed E-state index contributed by atoms with van der Waals surface area (Å²) < 4.78 is 15.8. The highest BCUT2D eigenvalue weighted by Gasteiger charge is 2.17. The van der Waals surface area contributed by atoms with Crippen LogP contribution in [-0.2, 0) is 4.74 Å². The van der Waals surface area contributed by atoms with E-state index in [2.05, 4.69) is 10.5 Å². The standard InChI is InChI=1S/C19H17ClN2O4/c1-24-10-11-25-18-14(20)8-5-9-15(18)21-19(23)16-12-17(26-22-16)13-6-3-2-4-7-13/h2-9,12H,10-11H2,1H3,(H,21,23). The zero-order chi connectivity index (χ0) is 18.4. The third-order valence-corrected chi connectivity index (χ3v) is 3.85. The van der Waals surface area contributed by atoms with Gasteiger partial charge in [-0.25, -0.2) is 0 Å². The van der Waals surface area contributed by atoms with Crippen LogP contribution in [0.25, 0.3) is 11.3 Å². The van der Waals surface area contributed by atoms with Gasteiger partial charge in [0.1, 0.15) is 6.61 Å². The average Bonchev–Trinajstić information content (AvgIpc) is 3.15. The molecule has 3 rings (SSSR count). The van der Waals surface area contributed by atoms with Crippen LogP contribution in [0.2, 0.25) is 5.02 Å². The van der Waals surface area contributed by atoms with E-state index in [-0.39, 0.29) is 5.69 Å². The molecule has 26 heavy (non-hydrogen) atoms. The van der Waals surface area contributed by atoms with Crippen molar-refractivity contribution in [1.82, 2.24) is 5.16 Å². The number of aromatic nitrogens is 1. The summed E-state index contributed by atoms with van der Waals surface area (Å²) in [4.78, 5) is 12.5. The first-order valence-electron chi connectivity index (χ1n) is 7.93. The molecule has 0 aliphatic rings. The minimum Gasteiger partial charge on any atom is -0.487 e. The number of benzene rings is 2. The van der Waals surface area contributed by atoms with Gasteiger partial charge in [0.2, 0.25) is 0 Å². The monoisotopic (exact) mass is 372 g/mol. The Morgan fingerprint density at radius 1 is 1.15 bits per heavy atom. The number of rotatable bonds is 7. The van der Waals surface area contributed by atoms with Crippen molar-refractivity contribution in [1.29, 1.82) is 0 Å². The van der Waals surface area contributed by atoms with Crippen molar-refractivity contribution in [3.05, 3.63) is 65.3 Å². The first-order valence-corrected chi connectivity index (χ1v) is 8.30. The number of hydrogen-bond acceptors (Lipinski definition) is 5. The van der Waals surface area contributed by atoms with Gasteiger partial charge in [-0.1, -0.05) is 53.2 Å². The number of carbonyl (C=O) groups is 1. The molecule has 0 fully saturated rings. The van der Waals surface area contributed by atoms with E-state index >= 15 is 0 Å². The summed E-state index contributed by atoms with van der Waals surface area (Å²) in [6, 6.07) is 16.1. The van der Waals surface area contributed by atoms with Crippen molar-refractivity contribution in [3.8, 4) is 17.1 Å². The Kier molecular flexibility index (Phi) is 5.88. The van der Waals surface area contributed by atoms with Crippen molar-refractivity contribution in [2.24, 2.45) is 0 Å². The fourth-order valence-corrected chi connectivity index (χ4v) is 2.52. The number of hydrogen-bond donors (Lipinski definition) is 1. The lowest BCUT2D eigenvalue weighted by Gasteiger charge is -2.13. The molecule has 0 aliphatic carbocycles. The highest BCUT2D eigenvalue weighted by atomic mass is 35.5. The summed E-state index contributed by atoms with van der Waals surface area (Å²) in [5, 5.41) is 6.98. The highest BCUT2D eigenvalue weighted by Crippen LogP contribution is 2.33. The molecule has 1 N–H and O–H groups in total. The molecule has 0 atom stereocenters. The fraction of sp³-hybridized carbons (Fsp3) is 0.158. The molecular weight excluding hydrogens is 356 g/mol. The zero-order valence-electron chi connectivity index (χ0n) is 14.1. The third kappa shape index (κ3) is 4.22. The van der Waals surface area contributed by atoms with E-state index in [1.807, 2.05) is 30.3 Å². The van der Waals surface area contributed by atoms with E-state index in [4.69, 9.17) is 25.6 Å². The number of anilines is 1. The summed E-state index contributed by atoms with van der Waals surface area (Å²) >= 11 is 6.17. The number of nitrogens with zero attached hydrogens (tertiary/aromatic N) is 1. The van der Waals surface area contributed by atoms with Gasteiger partial charge in [-0.2, -0.15) is 0 Å². The Morgan fingerprint density at radius 2 is 1.96 bits per heavy atom. The minimum atomic E-state index is -0.421. The van der Waals surface area contributed by atoms with Crippen molar-refractivity contribution >= 4 is 23.2 Å². The molecule has 134 valence electrons. The predicted molar refractivity (Wildman–Crippen MR) is 98.7 cm³/mol.